The van der Waals surface area contributed by atoms with Crippen molar-refractivity contribution in [2.24, 2.45) is 5.92 Å². The van der Waals surface area contributed by atoms with Gasteiger partial charge in [0.1, 0.15) is 0 Å². The second kappa shape index (κ2) is 5.93. The average Bonchev–Trinajstić information content (AvgIpc) is 2.77. The minimum atomic E-state index is -0.318. The number of halogens is 1. The Morgan fingerprint density at radius 2 is 2.16 bits per heavy atom. The largest absolute Gasteiger partial charge is 0.312 e. The van der Waals surface area contributed by atoms with Crippen molar-refractivity contribution in [2.45, 2.75) is 27.3 Å². The molecule has 0 aromatic carbocycles. The summed E-state index contributed by atoms with van der Waals surface area (Å²) in [5.74, 6) is 0.469. The molecule has 0 spiro atoms. The molecule has 0 bridgehead atoms. The number of aromatic nitrogens is 3. The van der Waals surface area contributed by atoms with E-state index < -0.39 is 0 Å². The number of pyridine rings is 1. The molecule has 0 aliphatic carbocycles. The van der Waals surface area contributed by atoms with Gasteiger partial charge in [-0.3, -0.25) is 0 Å². The molecule has 0 unspecified atom stereocenters. The van der Waals surface area contributed by atoms with E-state index in [0.29, 0.717) is 18.0 Å². The number of nitrogens with zero attached hydrogens (tertiary/aromatic N) is 3. The first-order valence-electron chi connectivity index (χ1n) is 6.44. The molecule has 19 heavy (non-hydrogen) atoms. The average molecular weight is 262 g/mol. The molecule has 2 aromatic rings. The minimum Gasteiger partial charge on any atom is -0.312 e. The van der Waals surface area contributed by atoms with Crippen molar-refractivity contribution < 1.29 is 4.39 Å². The fourth-order valence-corrected chi connectivity index (χ4v) is 1.80. The number of hydrogen-bond acceptors (Lipinski definition) is 3. The zero-order chi connectivity index (χ0) is 13.8. The lowest BCUT2D eigenvalue weighted by Gasteiger charge is -2.10. The van der Waals surface area contributed by atoms with Crippen LogP contribution in [0.4, 0.5) is 4.39 Å². The summed E-state index contributed by atoms with van der Waals surface area (Å²) in [5, 5.41) is 7.41. The third-order valence-corrected chi connectivity index (χ3v) is 2.76. The van der Waals surface area contributed by atoms with E-state index in [0.717, 1.165) is 12.2 Å². The summed E-state index contributed by atoms with van der Waals surface area (Å²) in [4.78, 5) is 4.06. The van der Waals surface area contributed by atoms with Crippen LogP contribution >= 0.6 is 0 Å². The van der Waals surface area contributed by atoms with Crippen LogP contribution in [-0.2, 0) is 6.54 Å². The number of nitrogens with one attached hydrogen (secondary N) is 1. The van der Waals surface area contributed by atoms with Gasteiger partial charge >= 0.3 is 0 Å². The lowest BCUT2D eigenvalue weighted by Crippen LogP contribution is -2.20. The number of hydrogen-bond donors (Lipinski definition) is 1. The Bertz CT molecular complexity index is 548. The first-order valence-corrected chi connectivity index (χ1v) is 6.44. The lowest BCUT2D eigenvalue weighted by atomic mass is 10.2. The molecule has 0 atom stereocenters. The molecule has 1 N–H and O–H groups in total. The molecule has 4 nitrogen and oxygen atoms in total. The molecule has 102 valence electrons. The van der Waals surface area contributed by atoms with Gasteiger partial charge in [0.15, 0.2) is 11.6 Å². The monoisotopic (exact) mass is 262 g/mol. The first kappa shape index (κ1) is 13.7. The number of aryl methyl sites for hydroxylation is 1. The van der Waals surface area contributed by atoms with E-state index in [9.17, 15) is 4.39 Å². The molecule has 0 radical (unpaired) electrons. The van der Waals surface area contributed by atoms with Crippen LogP contribution in [0.1, 0.15) is 25.1 Å². The predicted octanol–water partition coefficient (Wildman–Crippen LogP) is 2.46. The highest BCUT2D eigenvalue weighted by Gasteiger charge is 2.11. The summed E-state index contributed by atoms with van der Waals surface area (Å²) in [7, 11) is 0. The van der Waals surface area contributed by atoms with Crippen LogP contribution in [0.5, 0.6) is 0 Å². The van der Waals surface area contributed by atoms with Gasteiger partial charge in [-0.2, -0.15) is 5.10 Å². The van der Waals surface area contributed by atoms with Crippen molar-refractivity contribution in [2.75, 3.05) is 6.54 Å². The summed E-state index contributed by atoms with van der Waals surface area (Å²) in [6.07, 6.45) is 3.33. The van der Waals surface area contributed by atoms with E-state index in [2.05, 4.69) is 29.2 Å². The van der Waals surface area contributed by atoms with Crippen LogP contribution in [0.15, 0.2) is 24.5 Å². The zero-order valence-electron chi connectivity index (χ0n) is 11.5. The maximum atomic E-state index is 14.3. The second-order valence-corrected chi connectivity index (χ2v) is 5.03. The Kier molecular flexibility index (Phi) is 4.27. The fraction of sp³-hybridized carbons (Fsp3) is 0.429. The molecule has 0 amide bonds. The van der Waals surface area contributed by atoms with E-state index in [1.54, 1.807) is 18.5 Å². The second-order valence-electron chi connectivity index (χ2n) is 5.03. The quantitative estimate of drug-likeness (QED) is 0.900. The molecule has 2 aromatic heterocycles. The third-order valence-electron chi connectivity index (χ3n) is 2.76. The van der Waals surface area contributed by atoms with Crippen molar-refractivity contribution in [3.63, 3.8) is 0 Å². The normalized spacial score (nSPS) is 11.2. The van der Waals surface area contributed by atoms with E-state index in [1.807, 2.05) is 13.0 Å². The lowest BCUT2D eigenvalue weighted by molar-refractivity contribution is 0.529. The Hall–Kier alpha value is -1.75. The smallest absolute Gasteiger partial charge is 0.190 e. The van der Waals surface area contributed by atoms with Crippen LogP contribution in [0.3, 0.4) is 0 Å². The number of rotatable bonds is 5. The highest BCUT2D eigenvalue weighted by Crippen LogP contribution is 2.14. The zero-order valence-corrected chi connectivity index (χ0v) is 11.5. The molecule has 2 heterocycles. The summed E-state index contributed by atoms with van der Waals surface area (Å²) in [6.45, 7) is 7.46. The van der Waals surface area contributed by atoms with Crippen molar-refractivity contribution in [1.82, 2.24) is 20.1 Å². The summed E-state index contributed by atoms with van der Waals surface area (Å²) in [6, 6.07) is 3.52. The SMILES string of the molecule is Cc1ccn(-c2nccc(CNCC(C)C)c2F)n1. The Balaban J connectivity index is 2.18. The van der Waals surface area contributed by atoms with Crippen LogP contribution in [0.2, 0.25) is 0 Å². The van der Waals surface area contributed by atoms with Crippen molar-refractivity contribution in [3.05, 3.63) is 41.6 Å². The van der Waals surface area contributed by atoms with Crippen LogP contribution in [0, 0.1) is 18.7 Å². The Morgan fingerprint density at radius 3 is 2.79 bits per heavy atom. The van der Waals surface area contributed by atoms with Gasteiger partial charge in [-0.05, 0) is 31.5 Å². The van der Waals surface area contributed by atoms with E-state index in [4.69, 9.17) is 0 Å². The molecule has 5 heteroatoms. The molecule has 0 aliphatic heterocycles. The maximum Gasteiger partial charge on any atom is 0.190 e. The van der Waals surface area contributed by atoms with Crippen molar-refractivity contribution in [3.8, 4) is 5.82 Å². The summed E-state index contributed by atoms with van der Waals surface area (Å²) in [5.41, 5.74) is 1.45. The predicted molar refractivity (Wildman–Crippen MR) is 72.6 cm³/mol. The van der Waals surface area contributed by atoms with E-state index in [-0.39, 0.29) is 11.6 Å². The van der Waals surface area contributed by atoms with E-state index >= 15 is 0 Å². The molecule has 0 fully saturated rings. The topological polar surface area (TPSA) is 42.7 Å². The van der Waals surface area contributed by atoms with Crippen LogP contribution in [-0.4, -0.2) is 21.3 Å². The first-order chi connectivity index (χ1) is 9.08. The third kappa shape index (κ3) is 3.38. The minimum absolute atomic E-state index is 0.247. The van der Waals surface area contributed by atoms with Gasteiger partial charge in [-0.25, -0.2) is 14.1 Å². The maximum absolute atomic E-state index is 14.3. The van der Waals surface area contributed by atoms with Gasteiger partial charge in [-0.15, -0.1) is 0 Å². The van der Waals surface area contributed by atoms with Crippen LogP contribution in [0.25, 0.3) is 5.82 Å². The van der Waals surface area contributed by atoms with Crippen molar-refractivity contribution in [1.29, 1.82) is 0 Å². The van der Waals surface area contributed by atoms with Gasteiger partial charge in [0.05, 0.1) is 5.69 Å². The highest BCUT2D eigenvalue weighted by atomic mass is 19.1. The van der Waals surface area contributed by atoms with Gasteiger partial charge in [-0.1, -0.05) is 13.8 Å². The van der Waals surface area contributed by atoms with Gasteiger partial charge in [0.25, 0.3) is 0 Å². The van der Waals surface area contributed by atoms with Crippen LogP contribution < -0.4 is 5.32 Å². The summed E-state index contributed by atoms with van der Waals surface area (Å²) < 4.78 is 15.8. The summed E-state index contributed by atoms with van der Waals surface area (Å²) >= 11 is 0. The molecular weight excluding hydrogens is 243 g/mol. The Morgan fingerprint density at radius 1 is 1.37 bits per heavy atom. The molecule has 0 saturated carbocycles. The molecule has 0 aliphatic rings. The highest BCUT2D eigenvalue weighted by molar-refractivity contribution is 5.30. The molecule has 2 rings (SSSR count). The van der Waals surface area contributed by atoms with E-state index in [1.165, 1.54) is 4.68 Å². The van der Waals surface area contributed by atoms with Gasteiger partial charge < -0.3 is 5.32 Å². The Labute approximate surface area is 112 Å². The standard InChI is InChI=1S/C14H19FN4/c1-10(2)8-16-9-12-4-6-17-14(13(12)15)19-7-5-11(3)18-19/h4-7,10,16H,8-9H2,1-3H3. The molecular formula is C14H19FN4. The van der Waals surface area contributed by atoms with Gasteiger partial charge in [0, 0.05) is 24.5 Å². The van der Waals surface area contributed by atoms with Gasteiger partial charge in [0.2, 0.25) is 0 Å². The molecule has 0 saturated heterocycles. The van der Waals surface area contributed by atoms with Crippen molar-refractivity contribution >= 4 is 0 Å². The fourth-order valence-electron chi connectivity index (χ4n) is 1.80.